The molecule has 0 saturated carbocycles. The van der Waals surface area contributed by atoms with Gasteiger partial charge in [-0.15, -0.1) is 0 Å². The van der Waals surface area contributed by atoms with Crippen molar-refractivity contribution in [2.45, 2.75) is 18.3 Å². The van der Waals surface area contributed by atoms with Gasteiger partial charge in [-0.1, -0.05) is 60.7 Å². The zero-order chi connectivity index (χ0) is 21.8. The summed E-state index contributed by atoms with van der Waals surface area (Å²) in [5, 5.41) is 3.05. The Balaban J connectivity index is 1.35. The van der Waals surface area contributed by atoms with E-state index in [4.69, 9.17) is 4.74 Å². The van der Waals surface area contributed by atoms with Gasteiger partial charge in [-0.25, -0.2) is 9.78 Å². The first-order valence-corrected chi connectivity index (χ1v) is 9.75. The van der Waals surface area contributed by atoms with Gasteiger partial charge in [0.2, 0.25) is 5.88 Å². The predicted octanol–water partition coefficient (Wildman–Crippen LogP) is 4.66. The number of nitrogens with one attached hydrogen (secondary N) is 1. The molecule has 5 nitrogen and oxygen atoms in total. The first-order chi connectivity index (χ1) is 14.9. The minimum absolute atomic E-state index is 0.101. The number of hydrogen-bond acceptors (Lipinski definition) is 3. The molecule has 0 atom stereocenters. The molecule has 1 N–H and O–H groups in total. The molecule has 2 amide bonds. The van der Waals surface area contributed by atoms with Crippen molar-refractivity contribution in [1.29, 1.82) is 0 Å². The number of halogens is 3. The molecule has 8 heteroatoms. The molecule has 2 heterocycles. The van der Waals surface area contributed by atoms with Gasteiger partial charge in [0, 0.05) is 12.3 Å². The van der Waals surface area contributed by atoms with Crippen molar-refractivity contribution in [3.8, 4) is 5.88 Å². The highest BCUT2D eigenvalue weighted by Crippen LogP contribution is 2.29. The lowest BCUT2D eigenvalue weighted by molar-refractivity contribution is -0.137. The fourth-order valence-corrected chi connectivity index (χ4v) is 3.33. The van der Waals surface area contributed by atoms with Crippen LogP contribution in [0.4, 0.5) is 18.0 Å². The maximum absolute atomic E-state index is 12.8. The van der Waals surface area contributed by atoms with Gasteiger partial charge < -0.3 is 15.0 Å². The summed E-state index contributed by atoms with van der Waals surface area (Å²) in [7, 11) is 0. The number of rotatable bonds is 5. The number of amides is 2. The van der Waals surface area contributed by atoms with Gasteiger partial charge >= 0.3 is 12.2 Å². The van der Waals surface area contributed by atoms with Gasteiger partial charge in [0.25, 0.3) is 0 Å². The Morgan fingerprint density at radius 1 is 0.968 bits per heavy atom. The molecule has 0 spiro atoms. The molecule has 1 aliphatic heterocycles. The Morgan fingerprint density at radius 2 is 1.55 bits per heavy atom. The summed E-state index contributed by atoms with van der Waals surface area (Å²) >= 11 is 0. The van der Waals surface area contributed by atoms with Crippen LogP contribution < -0.4 is 10.1 Å². The van der Waals surface area contributed by atoms with Crippen LogP contribution in [0.25, 0.3) is 0 Å². The molecule has 4 rings (SSSR count). The maximum Gasteiger partial charge on any atom is 0.417 e. The summed E-state index contributed by atoms with van der Waals surface area (Å²) in [4.78, 5) is 18.0. The highest BCUT2D eigenvalue weighted by Gasteiger charge is 2.34. The third-order valence-corrected chi connectivity index (χ3v) is 5.02. The van der Waals surface area contributed by atoms with E-state index in [0.717, 1.165) is 23.4 Å². The number of carbonyl (C=O) groups is 1. The quantitative estimate of drug-likeness (QED) is 0.644. The van der Waals surface area contributed by atoms with Crippen molar-refractivity contribution < 1.29 is 22.7 Å². The second kappa shape index (κ2) is 8.67. The minimum atomic E-state index is -4.44. The molecule has 3 aromatic rings. The van der Waals surface area contributed by atoms with Crippen LogP contribution in [0.1, 0.15) is 22.7 Å². The first-order valence-electron chi connectivity index (χ1n) is 9.75. The smallest absolute Gasteiger partial charge is 0.417 e. The van der Waals surface area contributed by atoms with E-state index in [1.165, 1.54) is 6.07 Å². The third-order valence-electron chi connectivity index (χ3n) is 5.02. The molecule has 160 valence electrons. The number of alkyl halides is 3. The van der Waals surface area contributed by atoms with Crippen molar-refractivity contribution in [3.63, 3.8) is 0 Å². The predicted molar refractivity (Wildman–Crippen MR) is 108 cm³/mol. The van der Waals surface area contributed by atoms with Crippen LogP contribution in [-0.4, -0.2) is 35.1 Å². The second-order valence-electron chi connectivity index (χ2n) is 7.23. The molecule has 0 aliphatic carbocycles. The standard InChI is InChI=1S/C23H20F3N3O2/c24-23(25,26)18-11-12-20(27-13-18)31-19-14-29(15-19)22(30)28-21(16-7-3-1-4-8-16)17-9-5-2-6-10-17/h1-13,19,21H,14-15H2,(H,28,30). The zero-order valence-electron chi connectivity index (χ0n) is 16.4. The van der Waals surface area contributed by atoms with Crippen LogP contribution >= 0.6 is 0 Å². The van der Waals surface area contributed by atoms with Crippen molar-refractivity contribution in [2.75, 3.05) is 13.1 Å². The number of benzene rings is 2. The molecule has 0 radical (unpaired) electrons. The molecule has 0 bridgehead atoms. The Kier molecular flexibility index (Phi) is 5.79. The van der Waals surface area contributed by atoms with Gasteiger partial charge in [0.15, 0.2) is 0 Å². The van der Waals surface area contributed by atoms with Crippen LogP contribution in [0, 0.1) is 0 Å². The molecule has 2 aromatic carbocycles. The first kappa shape index (κ1) is 20.7. The fourth-order valence-electron chi connectivity index (χ4n) is 3.33. The van der Waals surface area contributed by atoms with E-state index in [1.54, 1.807) is 4.90 Å². The molecule has 1 aliphatic rings. The number of pyridine rings is 1. The lowest BCUT2D eigenvalue weighted by Crippen LogP contribution is -2.59. The monoisotopic (exact) mass is 427 g/mol. The maximum atomic E-state index is 12.8. The minimum Gasteiger partial charge on any atom is -0.471 e. The SMILES string of the molecule is O=C(NC(c1ccccc1)c1ccccc1)N1CC(Oc2ccc(C(F)(F)F)cn2)C1. The summed E-state index contributed by atoms with van der Waals surface area (Å²) in [6, 6.07) is 20.9. The molecule has 1 aromatic heterocycles. The van der Waals surface area contributed by atoms with Crippen molar-refractivity contribution >= 4 is 6.03 Å². The van der Waals surface area contributed by atoms with E-state index >= 15 is 0 Å². The highest BCUT2D eigenvalue weighted by atomic mass is 19.4. The number of hydrogen-bond donors (Lipinski definition) is 1. The van der Waals surface area contributed by atoms with Gasteiger partial charge in [-0.2, -0.15) is 13.2 Å². The van der Waals surface area contributed by atoms with Crippen molar-refractivity contribution in [2.24, 2.45) is 0 Å². The van der Waals surface area contributed by atoms with E-state index in [1.807, 2.05) is 60.7 Å². The van der Waals surface area contributed by atoms with E-state index in [9.17, 15) is 18.0 Å². The van der Waals surface area contributed by atoms with E-state index in [2.05, 4.69) is 10.3 Å². The lowest BCUT2D eigenvalue weighted by atomic mass is 9.99. The Morgan fingerprint density at radius 3 is 2.03 bits per heavy atom. The average Bonchev–Trinajstić information content (AvgIpc) is 2.75. The Bertz CT molecular complexity index is 966. The zero-order valence-corrected chi connectivity index (χ0v) is 16.4. The van der Waals surface area contributed by atoms with E-state index in [0.29, 0.717) is 13.1 Å². The number of urea groups is 1. The van der Waals surface area contributed by atoms with Crippen LogP contribution in [0.3, 0.4) is 0 Å². The van der Waals surface area contributed by atoms with Crippen LogP contribution in [-0.2, 0) is 6.18 Å². The number of aromatic nitrogens is 1. The van der Waals surface area contributed by atoms with E-state index < -0.39 is 11.7 Å². The summed E-state index contributed by atoms with van der Waals surface area (Å²) in [5.41, 5.74) is 1.09. The number of likely N-dealkylation sites (tertiary alicyclic amines) is 1. The fraction of sp³-hybridized carbons (Fsp3) is 0.217. The molecule has 0 unspecified atom stereocenters. The average molecular weight is 427 g/mol. The highest BCUT2D eigenvalue weighted by molar-refractivity contribution is 5.76. The Hall–Kier alpha value is -3.55. The van der Waals surface area contributed by atoms with Crippen molar-refractivity contribution in [1.82, 2.24) is 15.2 Å². The number of ether oxygens (including phenoxy) is 1. The number of carbonyl (C=O) groups excluding carboxylic acids is 1. The normalized spacial score (nSPS) is 14.3. The molecular formula is C23H20F3N3O2. The summed E-state index contributed by atoms with van der Waals surface area (Å²) < 4.78 is 43.4. The lowest BCUT2D eigenvalue weighted by Gasteiger charge is -2.39. The van der Waals surface area contributed by atoms with Gasteiger partial charge in [0.1, 0.15) is 6.10 Å². The largest absolute Gasteiger partial charge is 0.471 e. The van der Waals surface area contributed by atoms with Crippen molar-refractivity contribution in [3.05, 3.63) is 95.7 Å². The summed E-state index contributed by atoms with van der Waals surface area (Å²) in [5.74, 6) is 0.101. The molecular weight excluding hydrogens is 407 g/mol. The summed E-state index contributed by atoms with van der Waals surface area (Å²) in [6.45, 7) is 0.648. The Labute approximate surface area is 177 Å². The molecule has 1 saturated heterocycles. The molecule has 1 fully saturated rings. The van der Waals surface area contributed by atoms with Crippen LogP contribution in [0.2, 0.25) is 0 Å². The van der Waals surface area contributed by atoms with E-state index in [-0.39, 0.29) is 24.1 Å². The topological polar surface area (TPSA) is 54.5 Å². The van der Waals surface area contributed by atoms with Gasteiger partial charge in [0.05, 0.1) is 24.7 Å². The van der Waals surface area contributed by atoms with Gasteiger partial charge in [-0.3, -0.25) is 0 Å². The van der Waals surface area contributed by atoms with Crippen LogP contribution in [0.5, 0.6) is 5.88 Å². The number of nitrogens with zero attached hydrogens (tertiary/aromatic N) is 2. The van der Waals surface area contributed by atoms with Gasteiger partial charge in [-0.05, 0) is 17.2 Å². The second-order valence-corrected chi connectivity index (χ2v) is 7.23. The third kappa shape index (κ3) is 4.96. The molecule has 31 heavy (non-hydrogen) atoms. The van der Waals surface area contributed by atoms with Crippen LogP contribution in [0.15, 0.2) is 79.0 Å². The summed E-state index contributed by atoms with van der Waals surface area (Å²) in [6.07, 6.45) is -4.02.